The van der Waals surface area contributed by atoms with Gasteiger partial charge in [-0.2, -0.15) is 0 Å². The van der Waals surface area contributed by atoms with Gasteiger partial charge < -0.3 is 0 Å². The Balaban J connectivity index is 2.21. The molecule has 0 aliphatic carbocycles. The molecule has 0 amide bonds. The van der Waals surface area contributed by atoms with Crippen LogP contribution in [0.15, 0.2) is 40.0 Å². The van der Waals surface area contributed by atoms with E-state index in [1.165, 1.54) is 0 Å². The van der Waals surface area contributed by atoms with Crippen molar-refractivity contribution in [2.24, 2.45) is 0 Å². The molecular formula is C11H14N2OSSn. The van der Waals surface area contributed by atoms with Gasteiger partial charge in [-0.1, -0.05) is 0 Å². The second-order valence-corrected chi connectivity index (χ2v) is 27.0. The van der Waals surface area contributed by atoms with E-state index in [-0.39, 0.29) is 0 Å². The van der Waals surface area contributed by atoms with E-state index in [9.17, 15) is 0 Å². The van der Waals surface area contributed by atoms with Gasteiger partial charge in [-0.25, -0.2) is 0 Å². The molecule has 0 radical (unpaired) electrons. The SMILES string of the molecule is [CH3][Sn]([CH3])([CH3])[S]c1nnc(-c2ccccc2)o1. The molecule has 1 aromatic heterocycles. The summed E-state index contributed by atoms with van der Waals surface area (Å²) >= 11 is -1.96. The van der Waals surface area contributed by atoms with Crippen LogP contribution in [0.3, 0.4) is 0 Å². The second kappa shape index (κ2) is 4.79. The Labute approximate surface area is 102 Å². The average Bonchev–Trinajstić information content (AvgIpc) is 2.65. The van der Waals surface area contributed by atoms with Gasteiger partial charge in [-0.15, -0.1) is 0 Å². The Hall–Kier alpha value is -0.491. The number of hydrogen-bond donors (Lipinski definition) is 0. The zero-order valence-corrected chi connectivity index (χ0v) is 13.3. The number of nitrogens with zero attached hydrogens (tertiary/aromatic N) is 2. The van der Waals surface area contributed by atoms with Crippen molar-refractivity contribution in [3.05, 3.63) is 30.3 Å². The Morgan fingerprint density at radius 1 is 1.06 bits per heavy atom. The van der Waals surface area contributed by atoms with Crippen LogP contribution < -0.4 is 0 Å². The summed E-state index contributed by atoms with van der Waals surface area (Å²) in [6, 6.07) is 9.86. The Morgan fingerprint density at radius 2 is 1.75 bits per heavy atom. The molecule has 3 nitrogen and oxygen atoms in total. The Bertz CT molecular complexity index is 464. The molecule has 2 rings (SSSR count). The molecule has 0 spiro atoms. The van der Waals surface area contributed by atoms with Crippen LogP contribution in [-0.4, -0.2) is 27.2 Å². The molecule has 84 valence electrons. The first-order chi connectivity index (χ1) is 7.54. The van der Waals surface area contributed by atoms with Gasteiger partial charge in [0.05, 0.1) is 0 Å². The molecule has 0 fully saturated rings. The van der Waals surface area contributed by atoms with E-state index in [2.05, 4.69) is 25.0 Å². The van der Waals surface area contributed by atoms with Crippen LogP contribution in [0.4, 0.5) is 0 Å². The molecule has 5 heteroatoms. The van der Waals surface area contributed by atoms with Gasteiger partial charge >= 0.3 is 102 Å². The van der Waals surface area contributed by atoms with Gasteiger partial charge in [0.25, 0.3) is 0 Å². The van der Waals surface area contributed by atoms with Crippen molar-refractivity contribution in [3.63, 3.8) is 0 Å². The maximum atomic E-state index is 5.64. The molecule has 0 saturated heterocycles. The molecule has 0 bridgehead atoms. The zero-order valence-electron chi connectivity index (χ0n) is 9.60. The molecule has 1 heterocycles. The van der Waals surface area contributed by atoms with Crippen LogP contribution in [0.1, 0.15) is 0 Å². The molecule has 0 aliphatic heterocycles. The van der Waals surface area contributed by atoms with Crippen molar-refractivity contribution in [1.29, 1.82) is 0 Å². The third-order valence-electron chi connectivity index (χ3n) is 1.82. The van der Waals surface area contributed by atoms with Gasteiger partial charge in [0.15, 0.2) is 0 Å². The Morgan fingerprint density at radius 3 is 2.38 bits per heavy atom. The summed E-state index contributed by atoms with van der Waals surface area (Å²) < 4.78 is 5.64. The summed E-state index contributed by atoms with van der Waals surface area (Å²) in [5.74, 6) is 0.610. The first-order valence-electron chi connectivity index (χ1n) is 5.12. The standard InChI is InChI=1S/C8H6N2OS.3CH3.Sn/c12-8-10-9-7(11-8)6-4-2-1-3-5-6;;;;/h1-5H,(H,10,12);3*1H3;/q;;;;+1/p-1. The van der Waals surface area contributed by atoms with E-state index in [1.807, 2.05) is 30.3 Å². The second-order valence-electron chi connectivity index (χ2n) is 4.45. The maximum absolute atomic E-state index is 5.64. The van der Waals surface area contributed by atoms with E-state index in [4.69, 9.17) is 4.42 Å². The molecule has 0 unspecified atom stereocenters. The quantitative estimate of drug-likeness (QED) is 0.799. The monoisotopic (exact) mass is 342 g/mol. The van der Waals surface area contributed by atoms with Crippen LogP contribution in [0.2, 0.25) is 14.8 Å². The van der Waals surface area contributed by atoms with Gasteiger partial charge in [-0.3, -0.25) is 0 Å². The van der Waals surface area contributed by atoms with Gasteiger partial charge in [0.2, 0.25) is 0 Å². The molecule has 0 N–H and O–H groups in total. The third kappa shape index (κ3) is 3.25. The van der Waals surface area contributed by atoms with Crippen molar-refractivity contribution >= 4 is 25.9 Å². The molecular weight excluding hydrogens is 327 g/mol. The van der Waals surface area contributed by atoms with E-state index >= 15 is 0 Å². The fourth-order valence-electron chi connectivity index (χ4n) is 1.21. The van der Waals surface area contributed by atoms with Crippen LogP contribution in [0.25, 0.3) is 11.5 Å². The number of aromatic nitrogens is 2. The van der Waals surface area contributed by atoms with Crippen molar-refractivity contribution in [3.8, 4) is 11.5 Å². The fraction of sp³-hybridized carbons (Fsp3) is 0.273. The molecule has 16 heavy (non-hydrogen) atoms. The molecule has 1 aromatic carbocycles. The normalized spacial score (nSPS) is 11.7. The van der Waals surface area contributed by atoms with Gasteiger partial charge in [-0.05, 0) is 0 Å². The fourth-order valence-corrected chi connectivity index (χ4v) is 7.13. The van der Waals surface area contributed by atoms with Crippen LogP contribution in [-0.2, 0) is 0 Å². The Kier molecular flexibility index (Phi) is 3.59. The summed E-state index contributed by atoms with van der Waals surface area (Å²) in [5, 5.41) is 8.85. The predicted octanol–water partition coefficient (Wildman–Crippen LogP) is 3.66. The molecule has 0 saturated carbocycles. The summed E-state index contributed by atoms with van der Waals surface area (Å²) in [6.45, 7) is 0. The zero-order chi connectivity index (χ0) is 11.6. The molecule has 0 aliphatic rings. The summed E-state index contributed by atoms with van der Waals surface area (Å²) in [5.41, 5.74) is 0.978. The van der Waals surface area contributed by atoms with E-state index in [0.717, 1.165) is 5.56 Å². The first kappa shape index (κ1) is 12.0. The van der Waals surface area contributed by atoms with E-state index in [1.54, 1.807) is 8.95 Å². The van der Waals surface area contributed by atoms with Crippen LogP contribution in [0, 0.1) is 0 Å². The predicted molar refractivity (Wildman–Crippen MR) is 68.9 cm³/mol. The first-order valence-corrected chi connectivity index (χ1v) is 18.0. The van der Waals surface area contributed by atoms with Gasteiger partial charge in [0.1, 0.15) is 0 Å². The summed E-state index contributed by atoms with van der Waals surface area (Å²) in [6.07, 6.45) is 0. The van der Waals surface area contributed by atoms with Crippen molar-refractivity contribution < 1.29 is 4.42 Å². The summed E-state index contributed by atoms with van der Waals surface area (Å²) in [7, 11) is 1.79. The molecule has 0 atom stereocenters. The summed E-state index contributed by atoms with van der Waals surface area (Å²) in [4.78, 5) is 6.98. The van der Waals surface area contributed by atoms with E-state index < -0.39 is 17.0 Å². The number of rotatable bonds is 3. The van der Waals surface area contributed by atoms with Crippen molar-refractivity contribution in [2.45, 2.75) is 20.0 Å². The van der Waals surface area contributed by atoms with Crippen LogP contribution in [0.5, 0.6) is 0 Å². The van der Waals surface area contributed by atoms with Crippen LogP contribution >= 0.6 is 8.95 Å². The van der Waals surface area contributed by atoms with E-state index in [0.29, 0.717) is 11.1 Å². The minimum atomic E-state index is -1.96. The number of hydrogen-bond acceptors (Lipinski definition) is 4. The topological polar surface area (TPSA) is 38.9 Å². The third-order valence-corrected chi connectivity index (χ3v) is 9.51. The average molecular weight is 341 g/mol. The number of benzene rings is 1. The van der Waals surface area contributed by atoms with Crippen molar-refractivity contribution in [1.82, 2.24) is 10.2 Å². The van der Waals surface area contributed by atoms with Gasteiger partial charge in [0, 0.05) is 0 Å². The van der Waals surface area contributed by atoms with Crippen molar-refractivity contribution in [2.75, 3.05) is 0 Å². The minimum absolute atomic E-state index is 0.610. The molecule has 2 aromatic rings.